The fraction of sp³-hybridized carbons (Fsp3) is 0.0909. The number of aryl methyl sites for hydroxylation is 1. The third-order valence-electron chi connectivity index (χ3n) is 2.35. The first-order chi connectivity index (χ1) is 8.47. The first-order valence-corrected chi connectivity index (χ1v) is 5.05. The van der Waals surface area contributed by atoms with E-state index in [1.807, 2.05) is 0 Å². The highest BCUT2D eigenvalue weighted by Crippen LogP contribution is 2.25. The number of nitrogen functional groups attached to an aromatic ring is 1. The second kappa shape index (κ2) is 4.36. The van der Waals surface area contributed by atoms with Crippen molar-refractivity contribution < 1.29 is 14.3 Å². The van der Waals surface area contributed by atoms with Crippen molar-refractivity contribution in [2.75, 3.05) is 11.1 Å². The van der Waals surface area contributed by atoms with Gasteiger partial charge in [-0.25, -0.2) is 9.18 Å². The summed E-state index contributed by atoms with van der Waals surface area (Å²) in [7, 11) is 1.72. The Morgan fingerprint density at radius 3 is 2.83 bits per heavy atom. The SMILES string of the molecule is Cn1cc(Nc2cc(C(=O)O)c(N)cc2F)cn1. The zero-order valence-electron chi connectivity index (χ0n) is 9.51. The van der Waals surface area contributed by atoms with Gasteiger partial charge in [-0.1, -0.05) is 0 Å². The van der Waals surface area contributed by atoms with Crippen LogP contribution >= 0.6 is 0 Å². The van der Waals surface area contributed by atoms with E-state index in [1.165, 1.54) is 10.9 Å². The van der Waals surface area contributed by atoms with E-state index < -0.39 is 11.8 Å². The summed E-state index contributed by atoms with van der Waals surface area (Å²) in [5, 5.41) is 15.6. The molecule has 0 aliphatic carbocycles. The van der Waals surface area contributed by atoms with Crippen LogP contribution in [0.1, 0.15) is 10.4 Å². The molecule has 4 N–H and O–H groups in total. The third kappa shape index (κ3) is 2.24. The van der Waals surface area contributed by atoms with E-state index in [-0.39, 0.29) is 16.9 Å². The molecule has 1 aromatic heterocycles. The smallest absolute Gasteiger partial charge is 0.337 e. The van der Waals surface area contributed by atoms with Crippen LogP contribution < -0.4 is 11.1 Å². The van der Waals surface area contributed by atoms with Crippen molar-refractivity contribution in [2.45, 2.75) is 0 Å². The number of aromatic nitrogens is 2. The van der Waals surface area contributed by atoms with Crippen molar-refractivity contribution in [2.24, 2.45) is 7.05 Å². The maximum Gasteiger partial charge on any atom is 0.337 e. The fourth-order valence-electron chi connectivity index (χ4n) is 1.51. The molecule has 0 atom stereocenters. The Hall–Kier alpha value is -2.57. The lowest BCUT2D eigenvalue weighted by Gasteiger charge is -2.08. The number of carbonyl (C=O) groups is 1. The number of anilines is 3. The Balaban J connectivity index is 2.38. The van der Waals surface area contributed by atoms with E-state index in [0.29, 0.717) is 5.69 Å². The maximum absolute atomic E-state index is 13.6. The van der Waals surface area contributed by atoms with Crippen LogP contribution in [0, 0.1) is 5.82 Å². The van der Waals surface area contributed by atoms with Gasteiger partial charge in [0.15, 0.2) is 0 Å². The molecule has 0 saturated heterocycles. The number of nitrogens with zero attached hydrogens (tertiary/aromatic N) is 2. The summed E-state index contributed by atoms with van der Waals surface area (Å²) in [5.41, 5.74) is 5.75. The molecule has 0 saturated carbocycles. The van der Waals surface area contributed by atoms with Gasteiger partial charge in [0, 0.05) is 18.9 Å². The van der Waals surface area contributed by atoms with Gasteiger partial charge in [0.1, 0.15) is 5.82 Å². The number of rotatable bonds is 3. The van der Waals surface area contributed by atoms with Crippen LogP contribution in [-0.4, -0.2) is 20.9 Å². The molecule has 94 valence electrons. The van der Waals surface area contributed by atoms with E-state index in [1.54, 1.807) is 13.2 Å². The molecule has 0 aliphatic heterocycles. The van der Waals surface area contributed by atoms with Gasteiger partial charge >= 0.3 is 5.97 Å². The molecular formula is C11H11FN4O2. The summed E-state index contributed by atoms with van der Waals surface area (Å²) in [5.74, 6) is -1.83. The molecular weight excluding hydrogens is 239 g/mol. The summed E-state index contributed by atoms with van der Waals surface area (Å²) in [6, 6.07) is 2.13. The Morgan fingerprint density at radius 1 is 1.56 bits per heavy atom. The number of benzene rings is 1. The lowest BCUT2D eigenvalue weighted by atomic mass is 10.1. The highest BCUT2D eigenvalue weighted by Gasteiger charge is 2.13. The summed E-state index contributed by atoms with van der Waals surface area (Å²) in [6.07, 6.45) is 3.13. The van der Waals surface area contributed by atoms with Crippen LogP contribution in [0.3, 0.4) is 0 Å². The largest absolute Gasteiger partial charge is 0.478 e. The van der Waals surface area contributed by atoms with Crippen molar-refractivity contribution in [1.82, 2.24) is 9.78 Å². The number of carboxylic acid groups (broad SMARTS) is 1. The zero-order chi connectivity index (χ0) is 13.3. The van der Waals surface area contributed by atoms with Crippen molar-refractivity contribution >= 4 is 23.0 Å². The van der Waals surface area contributed by atoms with Crippen LogP contribution in [0.2, 0.25) is 0 Å². The Morgan fingerprint density at radius 2 is 2.28 bits per heavy atom. The molecule has 0 spiro atoms. The number of nitrogens with one attached hydrogen (secondary N) is 1. The average molecular weight is 250 g/mol. The van der Waals surface area contributed by atoms with Gasteiger partial charge in [0.2, 0.25) is 0 Å². The van der Waals surface area contributed by atoms with Crippen LogP contribution in [0.5, 0.6) is 0 Å². The Kier molecular flexibility index (Phi) is 2.88. The lowest BCUT2D eigenvalue weighted by Crippen LogP contribution is -2.05. The van der Waals surface area contributed by atoms with Gasteiger partial charge in [0.25, 0.3) is 0 Å². The normalized spacial score (nSPS) is 10.3. The van der Waals surface area contributed by atoms with E-state index in [0.717, 1.165) is 12.1 Å². The third-order valence-corrected chi connectivity index (χ3v) is 2.35. The van der Waals surface area contributed by atoms with Crippen LogP contribution in [0.15, 0.2) is 24.5 Å². The van der Waals surface area contributed by atoms with E-state index in [2.05, 4.69) is 10.4 Å². The van der Waals surface area contributed by atoms with Crippen LogP contribution in [0.25, 0.3) is 0 Å². The van der Waals surface area contributed by atoms with E-state index in [4.69, 9.17) is 10.8 Å². The molecule has 7 heteroatoms. The molecule has 1 aromatic carbocycles. The summed E-state index contributed by atoms with van der Waals surface area (Å²) >= 11 is 0. The standard InChI is InChI=1S/C11H11FN4O2/c1-16-5-6(4-14-16)15-10-2-7(11(17)18)9(13)3-8(10)12/h2-5,15H,13H2,1H3,(H,17,18). The lowest BCUT2D eigenvalue weighted by molar-refractivity contribution is 0.0698. The predicted molar refractivity (Wildman–Crippen MR) is 64.3 cm³/mol. The van der Waals surface area contributed by atoms with Crippen LogP contribution in [0.4, 0.5) is 21.5 Å². The predicted octanol–water partition coefficient (Wildman–Crippen LogP) is 1.58. The molecule has 0 radical (unpaired) electrons. The second-order valence-electron chi connectivity index (χ2n) is 3.75. The highest BCUT2D eigenvalue weighted by molar-refractivity contribution is 5.95. The molecule has 0 bridgehead atoms. The number of nitrogens with two attached hydrogens (primary N) is 1. The zero-order valence-corrected chi connectivity index (χ0v) is 9.51. The number of hydrogen-bond acceptors (Lipinski definition) is 4. The second-order valence-corrected chi connectivity index (χ2v) is 3.75. The molecule has 0 aliphatic rings. The van der Waals surface area contributed by atoms with Gasteiger partial charge in [-0.15, -0.1) is 0 Å². The van der Waals surface area contributed by atoms with Crippen molar-refractivity contribution in [3.05, 3.63) is 35.9 Å². The van der Waals surface area contributed by atoms with E-state index in [9.17, 15) is 9.18 Å². The van der Waals surface area contributed by atoms with Gasteiger partial charge in [-0.05, 0) is 12.1 Å². The minimum Gasteiger partial charge on any atom is -0.478 e. The average Bonchev–Trinajstić information content (AvgIpc) is 2.67. The number of hydrogen-bond donors (Lipinski definition) is 3. The number of aromatic carboxylic acids is 1. The fourth-order valence-corrected chi connectivity index (χ4v) is 1.51. The number of carboxylic acids is 1. The van der Waals surface area contributed by atoms with Gasteiger partial charge in [-0.3, -0.25) is 4.68 Å². The summed E-state index contributed by atoms with van der Waals surface area (Å²) in [4.78, 5) is 10.9. The minimum atomic E-state index is -1.21. The maximum atomic E-state index is 13.6. The van der Waals surface area contributed by atoms with Gasteiger partial charge in [0.05, 0.1) is 23.1 Å². The Bertz CT molecular complexity index is 609. The van der Waals surface area contributed by atoms with Crippen molar-refractivity contribution in [1.29, 1.82) is 0 Å². The molecule has 0 fully saturated rings. The molecule has 6 nitrogen and oxygen atoms in total. The number of halogens is 1. The topological polar surface area (TPSA) is 93.2 Å². The molecule has 2 rings (SSSR count). The highest BCUT2D eigenvalue weighted by atomic mass is 19.1. The quantitative estimate of drug-likeness (QED) is 0.719. The first-order valence-electron chi connectivity index (χ1n) is 5.05. The molecule has 0 unspecified atom stereocenters. The molecule has 2 aromatic rings. The molecule has 18 heavy (non-hydrogen) atoms. The molecule has 1 heterocycles. The van der Waals surface area contributed by atoms with E-state index >= 15 is 0 Å². The summed E-state index contributed by atoms with van der Waals surface area (Å²) in [6.45, 7) is 0. The summed E-state index contributed by atoms with van der Waals surface area (Å²) < 4.78 is 15.2. The van der Waals surface area contributed by atoms with Crippen molar-refractivity contribution in [3.63, 3.8) is 0 Å². The molecule has 0 amide bonds. The Labute approximate surface area is 102 Å². The van der Waals surface area contributed by atoms with Gasteiger partial charge < -0.3 is 16.2 Å². The first kappa shape index (κ1) is 11.9. The monoisotopic (exact) mass is 250 g/mol. The van der Waals surface area contributed by atoms with Crippen LogP contribution in [-0.2, 0) is 7.05 Å². The minimum absolute atomic E-state index is 0.0367. The van der Waals surface area contributed by atoms with Crippen molar-refractivity contribution in [3.8, 4) is 0 Å². The van der Waals surface area contributed by atoms with Gasteiger partial charge in [-0.2, -0.15) is 5.10 Å².